The summed E-state index contributed by atoms with van der Waals surface area (Å²) in [6.45, 7) is 4.30. The van der Waals surface area contributed by atoms with E-state index in [2.05, 4.69) is 17.4 Å². The number of rotatable bonds is 11. The van der Waals surface area contributed by atoms with Gasteiger partial charge in [-0.05, 0) is 80.8 Å². The van der Waals surface area contributed by atoms with Crippen LogP contribution in [0.2, 0.25) is 0 Å². The maximum atomic E-state index is 13.5. The van der Waals surface area contributed by atoms with Crippen molar-refractivity contribution in [2.24, 2.45) is 0 Å². The highest BCUT2D eigenvalue weighted by Crippen LogP contribution is 2.25. The SMILES string of the molecule is CCOc1ccc(S(=O)(=O)N(CC(=O)NCCCc2ccc(C)cc2)c2ccc(F)cc2)cc1. The van der Waals surface area contributed by atoms with Crippen molar-refractivity contribution >= 4 is 21.6 Å². The molecule has 0 aliphatic heterocycles. The Morgan fingerprint density at radius 2 is 1.62 bits per heavy atom. The van der Waals surface area contributed by atoms with E-state index in [1.54, 1.807) is 12.1 Å². The summed E-state index contributed by atoms with van der Waals surface area (Å²) in [7, 11) is -4.08. The van der Waals surface area contributed by atoms with Gasteiger partial charge in [0.15, 0.2) is 0 Å². The van der Waals surface area contributed by atoms with Crippen LogP contribution in [-0.4, -0.2) is 34.0 Å². The second kappa shape index (κ2) is 11.7. The maximum Gasteiger partial charge on any atom is 0.264 e. The lowest BCUT2D eigenvalue weighted by molar-refractivity contribution is -0.119. The topological polar surface area (TPSA) is 75.7 Å². The van der Waals surface area contributed by atoms with E-state index in [-0.39, 0.29) is 10.6 Å². The van der Waals surface area contributed by atoms with E-state index >= 15 is 0 Å². The van der Waals surface area contributed by atoms with Crippen LogP contribution < -0.4 is 14.4 Å². The normalized spacial score (nSPS) is 11.1. The molecule has 0 atom stereocenters. The molecule has 34 heavy (non-hydrogen) atoms. The van der Waals surface area contributed by atoms with Crippen LogP contribution in [0.5, 0.6) is 5.75 Å². The molecule has 3 aromatic carbocycles. The molecule has 6 nitrogen and oxygen atoms in total. The second-order valence-electron chi connectivity index (χ2n) is 7.83. The molecule has 3 rings (SSSR count). The van der Waals surface area contributed by atoms with Gasteiger partial charge in [0, 0.05) is 6.54 Å². The molecule has 0 fully saturated rings. The molecule has 0 spiro atoms. The van der Waals surface area contributed by atoms with Crippen molar-refractivity contribution in [2.75, 3.05) is 24.0 Å². The van der Waals surface area contributed by atoms with Crippen LogP contribution in [0.15, 0.2) is 77.7 Å². The standard InChI is InChI=1S/C26H29FN2O4S/c1-3-33-24-14-16-25(17-15-24)34(31,32)29(23-12-10-22(27)11-13-23)19-26(30)28-18-4-5-21-8-6-20(2)7-9-21/h6-17H,3-5,18-19H2,1-2H3,(H,28,30). The molecule has 1 amide bonds. The Hall–Kier alpha value is -3.39. The van der Waals surface area contributed by atoms with Gasteiger partial charge in [-0.1, -0.05) is 29.8 Å². The van der Waals surface area contributed by atoms with Gasteiger partial charge < -0.3 is 10.1 Å². The fraction of sp³-hybridized carbons (Fsp3) is 0.269. The molecule has 0 heterocycles. The minimum atomic E-state index is -4.08. The Morgan fingerprint density at radius 3 is 2.24 bits per heavy atom. The highest BCUT2D eigenvalue weighted by molar-refractivity contribution is 7.92. The average Bonchev–Trinajstić information content (AvgIpc) is 2.83. The molecule has 0 saturated heterocycles. The van der Waals surface area contributed by atoms with E-state index in [0.717, 1.165) is 29.3 Å². The van der Waals surface area contributed by atoms with Gasteiger partial charge in [-0.3, -0.25) is 9.10 Å². The summed E-state index contributed by atoms with van der Waals surface area (Å²) in [5.41, 5.74) is 2.56. The number of nitrogens with zero attached hydrogens (tertiary/aromatic N) is 1. The van der Waals surface area contributed by atoms with E-state index in [1.807, 2.05) is 26.0 Å². The van der Waals surface area contributed by atoms with Gasteiger partial charge in [-0.25, -0.2) is 12.8 Å². The van der Waals surface area contributed by atoms with Crippen LogP contribution in [0.3, 0.4) is 0 Å². The van der Waals surface area contributed by atoms with Gasteiger partial charge >= 0.3 is 0 Å². The zero-order chi connectivity index (χ0) is 24.6. The number of amides is 1. The first kappa shape index (κ1) is 25.2. The summed E-state index contributed by atoms with van der Waals surface area (Å²) >= 11 is 0. The average molecular weight is 485 g/mol. The van der Waals surface area contributed by atoms with Crippen LogP contribution in [-0.2, 0) is 21.2 Å². The summed E-state index contributed by atoms with van der Waals surface area (Å²) < 4.78 is 46.6. The highest BCUT2D eigenvalue weighted by Gasteiger charge is 2.27. The Balaban J connectivity index is 1.70. The lowest BCUT2D eigenvalue weighted by Gasteiger charge is -2.24. The molecule has 0 aliphatic carbocycles. The highest BCUT2D eigenvalue weighted by atomic mass is 32.2. The van der Waals surface area contributed by atoms with E-state index in [4.69, 9.17) is 4.74 Å². The number of aryl methyl sites for hydroxylation is 2. The number of benzene rings is 3. The molecule has 3 aromatic rings. The number of nitrogens with one attached hydrogen (secondary N) is 1. The first-order chi connectivity index (χ1) is 16.3. The maximum absolute atomic E-state index is 13.5. The zero-order valence-electron chi connectivity index (χ0n) is 19.3. The van der Waals surface area contributed by atoms with Crippen LogP contribution in [0.1, 0.15) is 24.5 Å². The monoisotopic (exact) mass is 484 g/mol. The Morgan fingerprint density at radius 1 is 0.971 bits per heavy atom. The number of halogens is 1. The minimum absolute atomic E-state index is 0.00690. The predicted octanol–water partition coefficient (Wildman–Crippen LogP) is 4.48. The zero-order valence-corrected chi connectivity index (χ0v) is 20.1. The van der Waals surface area contributed by atoms with Crippen LogP contribution in [0.25, 0.3) is 0 Å². The second-order valence-corrected chi connectivity index (χ2v) is 9.69. The summed E-state index contributed by atoms with van der Waals surface area (Å²) in [6.07, 6.45) is 1.52. The van der Waals surface area contributed by atoms with E-state index in [0.29, 0.717) is 18.9 Å². The summed E-state index contributed by atoms with van der Waals surface area (Å²) in [6, 6.07) is 19.2. The van der Waals surface area contributed by atoms with Gasteiger partial charge in [0.25, 0.3) is 10.0 Å². The van der Waals surface area contributed by atoms with Crippen molar-refractivity contribution < 1.29 is 22.3 Å². The van der Waals surface area contributed by atoms with Gasteiger partial charge in [0.05, 0.1) is 17.2 Å². The van der Waals surface area contributed by atoms with Crippen LogP contribution >= 0.6 is 0 Å². The summed E-state index contributed by atoms with van der Waals surface area (Å²) in [5.74, 6) is -0.397. The van der Waals surface area contributed by atoms with Crippen LogP contribution in [0.4, 0.5) is 10.1 Å². The molecular formula is C26H29FN2O4S. The number of carbonyl (C=O) groups excluding carboxylic acids is 1. The lowest BCUT2D eigenvalue weighted by Crippen LogP contribution is -2.41. The molecule has 0 aliphatic rings. The molecule has 0 unspecified atom stereocenters. The van der Waals surface area contributed by atoms with Crippen molar-refractivity contribution in [1.29, 1.82) is 0 Å². The minimum Gasteiger partial charge on any atom is -0.494 e. The smallest absolute Gasteiger partial charge is 0.264 e. The molecule has 8 heteroatoms. The molecule has 0 aromatic heterocycles. The fourth-order valence-electron chi connectivity index (χ4n) is 3.39. The van der Waals surface area contributed by atoms with Gasteiger partial charge in [-0.15, -0.1) is 0 Å². The van der Waals surface area contributed by atoms with Crippen molar-refractivity contribution in [3.05, 3.63) is 89.7 Å². The number of hydrogen-bond acceptors (Lipinski definition) is 4. The number of ether oxygens (including phenoxy) is 1. The Kier molecular flexibility index (Phi) is 8.65. The van der Waals surface area contributed by atoms with Crippen molar-refractivity contribution in [3.8, 4) is 5.75 Å². The Labute approximate surface area is 200 Å². The lowest BCUT2D eigenvalue weighted by atomic mass is 10.1. The molecule has 180 valence electrons. The summed E-state index contributed by atoms with van der Waals surface area (Å²) in [5, 5.41) is 2.79. The molecule has 0 bridgehead atoms. The number of anilines is 1. The number of sulfonamides is 1. The summed E-state index contributed by atoms with van der Waals surface area (Å²) in [4.78, 5) is 12.7. The van der Waals surface area contributed by atoms with E-state index < -0.39 is 28.3 Å². The molecular weight excluding hydrogens is 455 g/mol. The van der Waals surface area contributed by atoms with Crippen molar-refractivity contribution in [1.82, 2.24) is 5.32 Å². The number of hydrogen-bond donors (Lipinski definition) is 1. The largest absolute Gasteiger partial charge is 0.494 e. The van der Waals surface area contributed by atoms with Gasteiger partial charge in [-0.2, -0.15) is 0 Å². The third kappa shape index (κ3) is 6.81. The fourth-order valence-corrected chi connectivity index (χ4v) is 4.81. The first-order valence-corrected chi connectivity index (χ1v) is 12.6. The molecule has 0 saturated carbocycles. The van der Waals surface area contributed by atoms with Gasteiger partial charge in [0.1, 0.15) is 18.1 Å². The van der Waals surface area contributed by atoms with E-state index in [1.165, 1.54) is 35.4 Å². The van der Waals surface area contributed by atoms with Crippen LogP contribution in [0, 0.1) is 12.7 Å². The van der Waals surface area contributed by atoms with Crippen molar-refractivity contribution in [3.63, 3.8) is 0 Å². The molecule has 0 radical (unpaired) electrons. The van der Waals surface area contributed by atoms with Crippen molar-refractivity contribution in [2.45, 2.75) is 31.6 Å². The van der Waals surface area contributed by atoms with E-state index in [9.17, 15) is 17.6 Å². The third-order valence-electron chi connectivity index (χ3n) is 5.21. The quantitative estimate of drug-likeness (QED) is 0.407. The first-order valence-electron chi connectivity index (χ1n) is 11.1. The predicted molar refractivity (Wildman–Crippen MR) is 131 cm³/mol. The Bertz CT molecular complexity index is 1180. The van der Waals surface area contributed by atoms with Gasteiger partial charge in [0.2, 0.25) is 5.91 Å². The third-order valence-corrected chi connectivity index (χ3v) is 7.00. The molecule has 1 N–H and O–H groups in total. The number of carbonyl (C=O) groups is 1.